The molecule has 0 atom stereocenters. The number of hydrogen-bond acceptors (Lipinski definition) is 6. The Hall–Kier alpha value is -3.42. The van der Waals surface area contributed by atoms with Crippen molar-refractivity contribution < 1.29 is 28.5 Å². The molecule has 0 spiro atoms. The van der Waals surface area contributed by atoms with Crippen molar-refractivity contribution in [1.29, 1.82) is 0 Å². The van der Waals surface area contributed by atoms with E-state index < -0.39 is 0 Å². The molecular weight excluding hydrogens is 364 g/mol. The molecule has 0 saturated carbocycles. The summed E-state index contributed by atoms with van der Waals surface area (Å²) in [5, 5.41) is 2.75. The molecule has 2 aromatic carbocycles. The first kappa shape index (κ1) is 19.3. The minimum Gasteiger partial charge on any atom is -0.497 e. The van der Waals surface area contributed by atoms with Crippen LogP contribution in [0.5, 0.6) is 23.0 Å². The Kier molecular flexibility index (Phi) is 5.88. The van der Waals surface area contributed by atoms with Crippen LogP contribution in [0.2, 0.25) is 0 Å². The molecule has 1 heterocycles. The number of rotatable bonds is 6. The molecule has 0 aromatic heterocycles. The van der Waals surface area contributed by atoms with Gasteiger partial charge in [-0.25, -0.2) is 0 Å². The molecule has 8 nitrogen and oxygen atoms in total. The zero-order valence-electron chi connectivity index (χ0n) is 16.0. The maximum absolute atomic E-state index is 12.7. The fraction of sp³-hybridized carbons (Fsp3) is 0.300. The third kappa shape index (κ3) is 4.28. The van der Waals surface area contributed by atoms with Crippen molar-refractivity contribution in [2.45, 2.75) is 0 Å². The molecule has 0 bridgehead atoms. The minimum absolute atomic E-state index is 0.110. The molecule has 0 unspecified atom stereocenters. The fourth-order valence-electron chi connectivity index (χ4n) is 2.78. The number of methoxy groups -OCH3 is 2. The first-order valence-electron chi connectivity index (χ1n) is 8.69. The van der Waals surface area contributed by atoms with Crippen molar-refractivity contribution >= 4 is 17.5 Å². The third-order valence-electron chi connectivity index (χ3n) is 4.18. The van der Waals surface area contributed by atoms with Crippen molar-refractivity contribution in [2.24, 2.45) is 0 Å². The van der Waals surface area contributed by atoms with Crippen LogP contribution in [0.15, 0.2) is 36.4 Å². The Balaban J connectivity index is 1.67. The topological polar surface area (TPSA) is 86.3 Å². The number of carbonyl (C=O) groups excluding carboxylic acids is 2. The lowest BCUT2D eigenvalue weighted by molar-refractivity contribution is -0.116. The van der Waals surface area contributed by atoms with E-state index in [0.29, 0.717) is 47.5 Å². The molecule has 0 fully saturated rings. The maximum atomic E-state index is 12.7. The quantitative estimate of drug-likeness (QED) is 0.819. The van der Waals surface area contributed by atoms with Crippen LogP contribution in [0.4, 0.5) is 5.69 Å². The predicted octanol–water partition coefficient (Wildman–Crippen LogP) is 2.19. The summed E-state index contributed by atoms with van der Waals surface area (Å²) < 4.78 is 21.5. The number of benzene rings is 2. The SMILES string of the molecule is COc1ccc(NC(=O)CN(C)C(=O)c2cc(OC)c3c(c2)OCCO3)cc1. The van der Waals surface area contributed by atoms with Gasteiger partial charge < -0.3 is 29.2 Å². The van der Waals surface area contributed by atoms with E-state index in [1.807, 2.05) is 0 Å². The van der Waals surface area contributed by atoms with Crippen LogP contribution in [0.25, 0.3) is 0 Å². The molecule has 2 amide bonds. The second kappa shape index (κ2) is 8.51. The molecule has 0 radical (unpaired) electrons. The van der Waals surface area contributed by atoms with Gasteiger partial charge in [-0.2, -0.15) is 0 Å². The Bertz CT molecular complexity index is 848. The number of carbonyl (C=O) groups is 2. The van der Waals surface area contributed by atoms with Crippen LogP contribution in [-0.4, -0.2) is 57.7 Å². The lowest BCUT2D eigenvalue weighted by atomic mass is 10.1. The highest BCUT2D eigenvalue weighted by Crippen LogP contribution is 2.40. The first-order valence-corrected chi connectivity index (χ1v) is 8.69. The highest BCUT2D eigenvalue weighted by Gasteiger charge is 2.23. The van der Waals surface area contributed by atoms with Crippen LogP contribution in [-0.2, 0) is 4.79 Å². The smallest absolute Gasteiger partial charge is 0.254 e. The van der Waals surface area contributed by atoms with E-state index in [1.54, 1.807) is 50.6 Å². The van der Waals surface area contributed by atoms with E-state index >= 15 is 0 Å². The Morgan fingerprint density at radius 2 is 1.79 bits per heavy atom. The second-order valence-electron chi connectivity index (χ2n) is 6.14. The van der Waals surface area contributed by atoms with E-state index in [1.165, 1.54) is 12.0 Å². The predicted molar refractivity (Wildman–Crippen MR) is 103 cm³/mol. The summed E-state index contributed by atoms with van der Waals surface area (Å²) in [7, 11) is 4.62. The number of hydrogen-bond donors (Lipinski definition) is 1. The van der Waals surface area contributed by atoms with Crippen LogP contribution < -0.4 is 24.3 Å². The molecule has 8 heteroatoms. The zero-order chi connectivity index (χ0) is 20.1. The number of likely N-dealkylation sites (N-methyl/N-ethyl adjacent to an activating group) is 1. The summed E-state index contributed by atoms with van der Waals surface area (Å²) >= 11 is 0. The summed E-state index contributed by atoms with van der Waals surface area (Å²) in [6.45, 7) is 0.706. The standard InChI is InChI=1S/C20H22N2O6/c1-22(12-18(23)21-14-4-6-15(25-2)7-5-14)20(24)13-10-16(26-3)19-17(11-13)27-8-9-28-19/h4-7,10-11H,8-9,12H2,1-3H3,(H,21,23). The summed E-state index contributed by atoms with van der Waals surface area (Å²) in [4.78, 5) is 26.3. The lowest BCUT2D eigenvalue weighted by Crippen LogP contribution is -2.35. The summed E-state index contributed by atoms with van der Waals surface area (Å²) in [5.74, 6) is 1.38. The number of nitrogens with one attached hydrogen (secondary N) is 1. The van der Waals surface area contributed by atoms with Crippen molar-refractivity contribution in [2.75, 3.05) is 46.3 Å². The van der Waals surface area contributed by atoms with Gasteiger partial charge in [-0.3, -0.25) is 9.59 Å². The van der Waals surface area contributed by atoms with E-state index in [0.717, 1.165) is 0 Å². The van der Waals surface area contributed by atoms with Gasteiger partial charge in [0.1, 0.15) is 19.0 Å². The van der Waals surface area contributed by atoms with Gasteiger partial charge >= 0.3 is 0 Å². The molecule has 148 valence electrons. The Morgan fingerprint density at radius 1 is 1.07 bits per heavy atom. The second-order valence-corrected chi connectivity index (χ2v) is 6.14. The number of nitrogens with zero attached hydrogens (tertiary/aromatic N) is 1. The molecule has 1 N–H and O–H groups in total. The Morgan fingerprint density at radius 3 is 2.46 bits per heavy atom. The van der Waals surface area contributed by atoms with Crippen LogP contribution in [0.3, 0.4) is 0 Å². The summed E-state index contributed by atoms with van der Waals surface area (Å²) in [6, 6.07) is 10.1. The van der Waals surface area contributed by atoms with Crippen LogP contribution >= 0.6 is 0 Å². The van der Waals surface area contributed by atoms with Crippen molar-refractivity contribution in [3.05, 3.63) is 42.0 Å². The van der Waals surface area contributed by atoms with Crippen LogP contribution in [0, 0.1) is 0 Å². The average molecular weight is 386 g/mol. The summed E-state index contributed by atoms with van der Waals surface area (Å²) in [5.41, 5.74) is 0.966. The monoisotopic (exact) mass is 386 g/mol. The fourth-order valence-corrected chi connectivity index (χ4v) is 2.78. The van der Waals surface area contributed by atoms with Gasteiger partial charge in [0.25, 0.3) is 5.91 Å². The van der Waals surface area contributed by atoms with Crippen molar-refractivity contribution in [1.82, 2.24) is 4.90 Å². The average Bonchev–Trinajstić information content (AvgIpc) is 2.72. The number of ether oxygens (including phenoxy) is 4. The maximum Gasteiger partial charge on any atom is 0.254 e. The third-order valence-corrected chi connectivity index (χ3v) is 4.18. The van der Waals surface area contributed by atoms with Gasteiger partial charge in [0.2, 0.25) is 11.7 Å². The van der Waals surface area contributed by atoms with Gasteiger partial charge in [0.05, 0.1) is 20.8 Å². The normalized spacial score (nSPS) is 12.1. The summed E-state index contributed by atoms with van der Waals surface area (Å²) in [6.07, 6.45) is 0. The molecule has 0 aliphatic carbocycles. The number of anilines is 1. The number of amides is 2. The molecular formula is C20H22N2O6. The van der Waals surface area contributed by atoms with Gasteiger partial charge in [-0.1, -0.05) is 0 Å². The molecule has 2 aromatic rings. The van der Waals surface area contributed by atoms with Crippen molar-refractivity contribution in [3.63, 3.8) is 0 Å². The largest absolute Gasteiger partial charge is 0.497 e. The Labute approximate surface area is 162 Å². The first-order chi connectivity index (χ1) is 13.5. The molecule has 3 rings (SSSR count). The van der Waals surface area contributed by atoms with Gasteiger partial charge in [-0.15, -0.1) is 0 Å². The highest BCUT2D eigenvalue weighted by atomic mass is 16.6. The molecule has 1 aliphatic rings. The minimum atomic E-state index is -0.333. The van der Waals surface area contributed by atoms with E-state index in [-0.39, 0.29) is 18.4 Å². The van der Waals surface area contributed by atoms with E-state index in [4.69, 9.17) is 18.9 Å². The zero-order valence-corrected chi connectivity index (χ0v) is 16.0. The van der Waals surface area contributed by atoms with Gasteiger partial charge in [-0.05, 0) is 36.4 Å². The molecule has 28 heavy (non-hydrogen) atoms. The van der Waals surface area contributed by atoms with E-state index in [2.05, 4.69) is 5.32 Å². The molecule has 1 aliphatic heterocycles. The van der Waals surface area contributed by atoms with Crippen LogP contribution in [0.1, 0.15) is 10.4 Å². The molecule has 0 saturated heterocycles. The van der Waals surface area contributed by atoms with Crippen molar-refractivity contribution in [3.8, 4) is 23.0 Å². The van der Waals surface area contributed by atoms with Gasteiger partial charge in [0.15, 0.2) is 11.5 Å². The highest BCUT2D eigenvalue weighted by molar-refractivity contribution is 6.00. The number of fused-ring (bicyclic) bond motifs is 1. The van der Waals surface area contributed by atoms with E-state index in [9.17, 15) is 9.59 Å². The lowest BCUT2D eigenvalue weighted by Gasteiger charge is -2.22. The van der Waals surface area contributed by atoms with Gasteiger partial charge in [0, 0.05) is 18.3 Å².